The largest absolute Gasteiger partial charge is 0.542 e. The molecule has 0 bridgehead atoms. The first-order valence-corrected chi connectivity index (χ1v) is 11.6. The zero-order valence-electron chi connectivity index (χ0n) is 21.0. The van der Waals surface area contributed by atoms with Gasteiger partial charge < -0.3 is 24.7 Å². The number of carboxylic acids is 1. The molecule has 39 heavy (non-hydrogen) atoms. The monoisotopic (exact) mass is 540 g/mol. The Hall–Kier alpha value is -4.69. The number of fused-ring (bicyclic) bond motifs is 1. The highest BCUT2D eigenvalue weighted by Gasteiger charge is 2.28. The van der Waals surface area contributed by atoms with Crippen LogP contribution in [-0.2, 0) is 17.9 Å². The van der Waals surface area contributed by atoms with Gasteiger partial charge in [0.2, 0.25) is 0 Å². The first kappa shape index (κ1) is 28.9. The molecular weight excluding hydrogens is 516 g/mol. The Morgan fingerprint density at radius 1 is 1.00 bits per heavy atom. The molecule has 11 heteroatoms. The number of hydrogen-bond donors (Lipinski definition) is 2. The van der Waals surface area contributed by atoms with E-state index in [0.717, 1.165) is 16.6 Å². The molecule has 0 unspecified atom stereocenters. The quantitative estimate of drug-likeness (QED) is 0.367. The van der Waals surface area contributed by atoms with Gasteiger partial charge in [0.25, 0.3) is 5.91 Å². The van der Waals surface area contributed by atoms with Crippen molar-refractivity contribution >= 4 is 28.5 Å². The number of carboxylic acid groups (broad SMARTS) is 1. The summed E-state index contributed by atoms with van der Waals surface area (Å²) in [5.74, 6) is -3.59. The number of nitrogens with one attached hydrogen (secondary N) is 2. The molecule has 0 radical (unpaired) electrons. The van der Waals surface area contributed by atoms with Gasteiger partial charge >= 0.3 is 6.18 Å². The molecule has 202 valence electrons. The Balaban J connectivity index is 0.000000532. The molecule has 3 aromatic carbocycles. The summed E-state index contributed by atoms with van der Waals surface area (Å²) in [6.07, 6.45) is -5.19. The maximum absolute atomic E-state index is 13.8. The van der Waals surface area contributed by atoms with Crippen molar-refractivity contribution in [3.05, 3.63) is 101 Å². The molecule has 0 atom stereocenters. The van der Waals surface area contributed by atoms with Gasteiger partial charge in [-0.2, -0.15) is 18.4 Å². The van der Waals surface area contributed by atoms with Crippen molar-refractivity contribution in [3.63, 3.8) is 0 Å². The van der Waals surface area contributed by atoms with E-state index in [1.807, 2.05) is 41.0 Å². The van der Waals surface area contributed by atoms with Crippen molar-refractivity contribution < 1.29 is 37.2 Å². The van der Waals surface area contributed by atoms with E-state index in [4.69, 9.17) is 9.90 Å². The molecule has 0 aliphatic carbocycles. The van der Waals surface area contributed by atoms with Gasteiger partial charge in [0.15, 0.2) is 0 Å². The van der Waals surface area contributed by atoms with Crippen LogP contribution >= 0.6 is 0 Å². The third kappa shape index (κ3) is 7.66. The smallest absolute Gasteiger partial charge is 0.430 e. The number of halogens is 4. The summed E-state index contributed by atoms with van der Waals surface area (Å²) in [5.41, 5.74) is 4.82. The standard InChI is InChI=1S/C26H23FN4O.C2HF3O2/c1-30(2)23-9-6-18(7-10-23)16-29-26(32)25-14-21-13-22(27)8-11-24(21)31(25)17-20-5-3-4-19(12-20)15-28;3-2(4,5)1(6)7/h3-14H,16-17H2,1-2H3,(H,29,32);(H,6,7). The van der Waals surface area contributed by atoms with Crippen molar-refractivity contribution in [2.75, 3.05) is 14.1 Å². The molecule has 0 aliphatic heterocycles. The molecule has 4 rings (SSSR count). The van der Waals surface area contributed by atoms with E-state index in [1.165, 1.54) is 22.7 Å². The molecule has 1 amide bonds. The first-order valence-electron chi connectivity index (χ1n) is 11.6. The number of carbonyl (C=O) groups excluding carboxylic acids is 2. The maximum Gasteiger partial charge on any atom is 0.430 e. The Morgan fingerprint density at radius 3 is 2.26 bits per heavy atom. The van der Waals surface area contributed by atoms with Crippen LogP contribution in [0.3, 0.4) is 0 Å². The van der Waals surface area contributed by atoms with Gasteiger partial charge in [0, 0.05) is 24.0 Å². The van der Waals surface area contributed by atoms with Gasteiger partial charge in [-0.3, -0.25) is 4.79 Å². The molecule has 0 fully saturated rings. The number of amides is 1. The van der Waals surface area contributed by atoms with Crippen LogP contribution in [0.15, 0.2) is 72.8 Å². The van der Waals surface area contributed by atoms with E-state index in [0.29, 0.717) is 29.7 Å². The Kier molecular flexibility index (Phi) is 9.06. The molecule has 1 heterocycles. The van der Waals surface area contributed by atoms with Crippen molar-refractivity contribution in [2.45, 2.75) is 19.3 Å². The number of rotatable bonds is 6. The number of nitrogens with zero attached hydrogens (tertiary/aromatic N) is 2. The summed E-state index contributed by atoms with van der Waals surface area (Å²) in [6, 6.07) is 23.7. The first-order chi connectivity index (χ1) is 18.4. The fourth-order valence-corrected chi connectivity index (χ4v) is 3.75. The van der Waals surface area contributed by atoms with Gasteiger partial charge in [0.1, 0.15) is 23.2 Å². The van der Waals surface area contributed by atoms with E-state index in [9.17, 15) is 27.6 Å². The molecule has 2 N–H and O–H groups in total. The minimum absolute atomic E-state index is 0.236. The zero-order valence-corrected chi connectivity index (χ0v) is 21.0. The van der Waals surface area contributed by atoms with Crippen LogP contribution in [0.5, 0.6) is 0 Å². The fourth-order valence-electron chi connectivity index (χ4n) is 3.75. The Bertz CT molecular complexity index is 1520. The fraction of sp³-hybridized carbons (Fsp3) is 0.179. The lowest BCUT2D eigenvalue weighted by atomic mass is 10.1. The molecule has 1 aromatic heterocycles. The summed E-state index contributed by atoms with van der Waals surface area (Å²) < 4.78 is 47.2. The summed E-state index contributed by atoms with van der Waals surface area (Å²) in [7, 11) is 4.12. The summed E-state index contributed by atoms with van der Waals surface area (Å²) >= 11 is 0. The normalized spacial score (nSPS) is 11.0. The maximum atomic E-state index is 13.8. The Labute approximate surface area is 221 Å². The second-order valence-electron chi connectivity index (χ2n) is 8.80. The SMILES string of the molecule is C[NH+](C)c1ccc(CNC(=O)c2cc3cc(F)ccc3n2Cc2cccc(C#N)c2)cc1.O=C([O-])C(F)(F)F. The molecule has 0 aliphatic rings. The van der Waals surface area contributed by atoms with Crippen molar-refractivity contribution in [1.82, 2.24) is 9.88 Å². The second-order valence-corrected chi connectivity index (χ2v) is 8.80. The van der Waals surface area contributed by atoms with Crippen molar-refractivity contribution in [1.29, 1.82) is 5.26 Å². The number of aromatic nitrogens is 1. The number of benzene rings is 3. The van der Waals surface area contributed by atoms with Crippen molar-refractivity contribution in [3.8, 4) is 6.07 Å². The molecule has 4 aromatic rings. The van der Waals surface area contributed by atoms with Crippen LogP contribution in [0.4, 0.5) is 23.2 Å². The summed E-state index contributed by atoms with van der Waals surface area (Å²) in [4.78, 5) is 23.1. The van der Waals surface area contributed by atoms with Gasteiger partial charge in [-0.25, -0.2) is 4.39 Å². The number of nitriles is 1. The average molecular weight is 541 g/mol. The lowest BCUT2D eigenvalue weighted by molar-refractivity contribution is -0.786. The highest BCUT2D eigenvalue weighted by Crippen LogP contribution is 2.23. The van der Waals surface area contributed by atoms with Crippen LogP contribution in [0, 0.1) is 17.1 Å². The lowest BCUT2D eigenvalue weighted by Gasteiger charge is -2.12. The average Bonchev–Trinajstić information content (AvgIpc) is 3.24. The highest BCUT2D eigenvalue weighted by atomic mass is 19.4. The van der Waals surface area contributed by atoms with Crippen LogP contribution in [0.25, 0.3) is 10.9 Å². The predicted octanol–water partition coefficient (Wildman–Crippen LogP) is 2.70. The number of hydrogen-bond acceptors (Lipinski definition) is 4. The van der Waals surface area contributed by atoms with Crippen LogP contribution in [0.2, 0.25) is 0 Å². The summed E-state index contributed by atoms with van der Waals surface area (Å²) in [6.45, 7) is 0.787. The van der Waals surface area contributed by atoms with Gasteiger partial charge in [-0.1, -0.05) is 24.3 Å². The number of aliphatic carboxylic acids is 1. The number of alkyl halides is 3. The minimum atomic E-state index is -5.19. The van der Waals surface area contributed by atoms with Crippen LogP contribution < -0.4 is 15.3 Å². The number of carbonyl (C=O) groups is 2. The van der Waals surface area contributed by atoms with Gasteiger partial charge in [-0.05, 0) is 59.7 Å². The van der Waals surface area contributed by atoms with E-state index in [1.54, 1.807) is 24.3 Å². The van der Waals surface area contributed by atoms with Gasteiger partial charge in [0.05, 0.1) is 25.7 Å². The number of quaternary nitrogens is 1. The van der Waals surface area contributed by atoms with E-state index >= 15 is 0 Å². The zero-order chi connectivity index (χ0) is 28.7. The van der Waals surface area contributed by atoms with Crippen LogP contribution in [0.1, 0.15) is 27.2 Å². The lowest BCUT2D eigenvalue weighted by Crippen LogP contribution is -3.00. The molecule has 0 saturated carbocycles. The van der Waals surface area contributed by atoms with Gasteiger partial charge in [-0.15, -0.1) is 0 Å². The van der Waals surface area contributed by atoms with E-state index in [2.05, 4.69) is 25.5 Å². The second kappa shape index (κ2) is 12.2. The molecule has 0 saturated heterocycles. The van der Waals surface area contributed by atoms with E-state index < -0.39 is 12.1 Å². The van der Waals surface area contributed by atoms with Crippen molar-refractivity contribution in [2.24, 2.45) is 0 Å². The topological polar surface area (TPSA) is 102 Å². The predicted molar refractivity (Wildman–Crippen MR) is 133 cm³/mol. The Morgan fingerprint density at radius 2 is 1.67 bits per heavy atom. The molecule has 0 spiro atoms. The van der Waals surface area contributed by atoms with Crippen LogP contribution in [-0.4, -0.2) is 36.7 Å². The third-order valence-corrected chi connectivity index (χ3v) is 5.71. The molecule has 7 nitrogen and oxygen atoms in total. The third-order valence-electron chi connectivity index (χ3n) is 5.71. The van der Waals surface area contributed by atoms with E-state index in [-0.39, 0.29) is 11.7 Å². The highest BCUT2D eigenvalue weighted by molar-refractivity contribution is 5.98. The minimum Gasteiger partial charge on any atom is -0.542 e. The molecular formula is C28H24F4N4O3. The summed E-state index contributed by atoms with van der Waals surface area (Å²) in [5, 5.41) is 21.6.